The second-order valence-electron chi connectivity index (χ2n) is 38.3. The zero-order chi connectivity index (χ0) is 88.7. The first-order chi connectivity index (χ1) is 62.7. The molecule has 0 saturated carbocycles. The van der Waals surface area contributed by atoms with Crippen molar-refractivity contribution in [1.82, 2.24) is 99.4 Å². The Bertz CT molecular complexity index is 5800. The average molecular weight is 1790 g/mol. The van der Waals surface area contributed by atoms with Crippen LogP contribution in [0.1, 0.15) is 221 Å². The van der Waals surface area contributed by atoms with Gasteiger partial charge in [-0.3, -0.25) is 44.4 Å². The normalized spacial score (nSPS) is 25.6. The minimum Gasteiger partial charge on any atom is -0.370 e. The zero-order valence-corrected chi connectivity index (χ0v) is 77.6. The van der Waals surface area contributed by atoms with E-state index in [4.69, 9.17) is 48.1 Å². The van der Waals surface area contributed by atoms with Gasteiger partial charge in [-0.25, -0.2) is 19.9 Å². The lowest BCUT2D eigenvalue weighted by Gasteiger charge is -2.39. The molecule has 0 aliphatic carbocycles. The highest BCUT2D eigenvalue weighted by atomic mass is 35.5. The Morgan fingerprint density at radius 2 is 0.752 bits per heavy atom. The van der Waals surface area contributed by atoms with E-state index in [9.17, 15) is 13.2 Å². The zero-order valence-electron chi connectivity index (χ0n) is 76.1. The van der Waals surface area contributed by atoms with Gasteiger partial charge in [0.2, 0.25) is 0 Å². The first kappa shape index (κ1) is 88.9. The molecule has 22 rings (SSSR count). The van der Waals surface area contributed by atoms with E-state index >= 15 is 0 Å². The van der Waals surface area contributed by atoms with E-state index in [1.165, 1.54) is 79.8 Å². The number of aromatic nitrogens is 12. The van der Waals surface area contributed by atoms with Crippen LogP contribution in [0.3, 0.4) is 0 Å². The van der Waals surface area contributed by atoms with Crippen molar-refractivity contribution >= 4 is 90.1 Å². The summed E-state index contributed by atoms with van der Waals surface area (Å²) in [5.41, 5.74) is 18.9. The number of rotatable bonds is 14. The molecule has 129 heavy (non-hydrogen) atoms. The predicted molar refractivity (Wildman–Crippen MR) is 512 cm³/mol. The minimum absolute atomic E-state index is 0.00719. The summed E-state index contributed by atoms with van der Waals surface area (Å²) in [4.78, 5) is 80.3. The Labute approximate surface area is 766 Å². The number of para-hydroxylation sites is 4. The Hall–Kier alpha value is -9.39. The van der Waals surface area contributed by atoms with Gasteiger partial charge in [-0.1, -0.05) is 59.6 Å². The van der Waals surface area contributed by atoms with Crippen molar-refractivity contribution in [2.75, 3.05) is 147 Å². The summed E-state index contributed by atoms with van der Waals surface area (Å²) in [6.45, 7) is 15.1. The fraction of sp³-hybridized carbons (Fsp3) is 0.520. The number of nitrogens with zero attached hydrogens (tertiary/aromatic N) is 19. The number of likely N-dealkylation sites (N-methyl/N-ethyl adjacent to an activating group) is 1. The summed E-state index contributed by atoms with van der Waals surface area (Å²) in [6.07, 6.45) is 22.3. The van der Waals surface area contributed by atoms with Crippen molar-refractivity contribution in [3.8, 4) is 0 Å². The SMILES string of the molecule is CN(C)C1CCN(c2cccc3[nH]c([C@H]4CCC[C@@H](c5ncccc5Cl)N4C)nc23)CC1.CN1CCN(c2cccc3[nH]c([C@H]4CCC[C@@H](c5ncccc5CC(F)(F)F)N4C)nc23)CC1.CN1[C@@H](c2nc3c(N4CCN5CCCC5C4)cccc3[nH]2)CCC[C@H]1c1ncccc1Cl.Cc1cccnc1[C@@H]1CCC[C@H](c2nc3c(N4CC5CCC(C4)N5)cccc3[nH]2)N1C. The number of piperazine rings is 3. The number of aryl methyl sites for hydroxylation is 1. The molecule has 8 aromatic heterocycles. The summed E-state index contributed by atoms with van der Waals surface area (Å²) >= 11 is 13.0. The van der Waals surface area contributed by atoms with Crippen molar-refractivity contribution in [2.24, 2.45) is 0 Å². The number of benzene rings is 4. The summed E-state index contributed by atoms with van der Waals surface area (Å²) in [7, 11) is 15.1. The number of aromatic amines is 4. The van der Waals surface area contributed by atoms with E-state index in [0.717, 1.165) is 237 Å². The van der Waals surface area contributed by atoms with Crippen LogP contribution in [0, 0.1) is 6.92 Å². The van der Waals surface area contributed by atoms with Gasteiger partial charge in [0.05, 0.1) is 132 Å². The number of piperidine rings is 5. The average Bonchev–Trinajstić information content (AvgIpc) is 1.65. The van der Waals surface area contributed by atoms with Crippen molar-refractivity contribution < 1.29 is 13.2 Å². The third kappa shape index (κ3) is 19.0. The van der Waals surface area contributed by atoms with Gasteiger partial charge in [-0.05, 0) is 274 Å². The largest absolute Gasteiger partial charge is 0.393 e. The first-order valence-corrected chi connectivity index (χ1v) is 48.2. The van der Waals surface area contributed by atoms with E-state index in [-0.39, 0.29) is 41.8 Å². The van der Waals surface area contributed by atoms with Gasteiger partial charge in [-0.2, -0.15) is 13.2 Å². The van der Waals surface area contributed by atoms with Crippen molar-refractivity contribution in [1.29, 1.82) is 0 Å². The van der Waals surface area contributed by atoms with E-state index in [2.05, 4.69) is 216 Å². The van der Waals surface area contributed by atoms with Gasteiger partial charge >= 0.3 is 6.18 Å². The number of nitrogens with one attached hydrogen (secondary N) is 5. The van der Waals surface area contributed by atoms with Gasteiger partial charge in [-0.15, -0.1) is 0 Å². The molecule has 11 atom stereocenters. The van der Waals surface area contributed by atoms with Crippen LogP contribution in [-0.2, 0) is 6.42 Å². The number of H-pyrrole nitrogens is 4. The number of fused-ring (bicyclic) bond motifs is 7. The Morgan fingerprint density at radius 1 is 0.372 bits per heavy atom. The number of likely N-dealkylation sites (tertiary alicyclic amines) is 4. The van der Waals surface area contributed by atoms with Crippen LogP contribution < -0.4 is 24.9 Å². The maximum atomic E-state index is 13.2. The molecular weight excluding hydrogens is 1670 g/mol. The highest BCUT2D eigenvalue weighted by Crippen LogP contribution is 2.48. The van der Waals surface area contributed by atoms with Gasteiger partial charge in [0.1, 0.15) is 45.4 Å². The maximum Gasteiger partial charge on any atom is 0.393 e. The lowest BCUT2D eigenvalue weighted by molar-refractivity contribution is -0.127. The van der Waals surface area contributed by atoms with E-state index < -0.39 is 12.6 Å². The summed E-state index contributed by atoms with van der Waals surface area (Å²) < 4.78 is 39.6. The molecular formula is C100H127Cl2F3N24. The Kier molecular flexibility index (Phi) is 26.7. The lowest BCUT2D eigenvalue weighted by Crippen LogP contribution is -2.51. The van der Waals surface area contributed by atoms with Crippen LogP contribution in [0.15, 0.2) is 146 Å². The molecule has 0 radical (unpaired) electrons. The van der Waals surface area contributed by atoms with Crippen molar-refractivity contribution in [3.05, 3.63) is 213 Å². The monoisotopic (exact) mass is 1790 g/mol. The number of halogens is 5. The highest BCUT2D eigenvalue weighted by molar-refractivity contribution is 6.31. The molecule has 24 nitrogen and oxygen atoms in total. The summed E-state index contributed by atoms with van der Waals surface area (Å²) in [5, 5.41) is 5.24. The van der Waals surface area contributed by atoms with Gasteiger partial charge in [0.15, 0.2) is 0 Å². The molecule has 5 N–H and O–H groups in total. The molecule has 0 amide bonds. The van der Waals surface area contributed by atoms with Crippen molar-refractivity contribution in [3.63, 3.8) is 0 Å². The molecule has 2 bridgehead atoms. The summed E-state index contributed by atoms with van der Waals surface area (Å²) in [5.74, 6) is 4.08. The van der Waals surface area contributed by atoms with Gasteiger partial charge < -0.3 is 54.7 Å². The molecule has 10 aliphatic rings. The van der Waals surface area contributed by atoms with Crippen LogP contribution >= 0.6 is 23.2 Å². The molecule has 12 aromatic rings. The van der Waals surface area contributed by atoms with Gasteiger partial charge in [0.25, 0.3) is 0 Å². The van der Waals surface area contributed by atoms with Crippen LogP contribution in [0.5, 0.6) is 0 Å². The molecule has 10 fully saturated rings. The molecule has 0 spiro atoms. The van der Waals surface area contributed by atoms with Crippen LogP contribution in [0.4, 0.5) is 35.9 Å². The van der Waals surface area contributed by atoms with Gasteiger partial charge in [0, 0.05) is 121 Å². The van der Waals surface area contributed by atoms with Crippen molar-refractivity contribution in [2.45, 2.75) is 208 Å². The summed E-state index contributed by atoms with van der Waals surface area (Å²) in [6, 6.07) is 44.9. The Morgan fingerprint density at radius 3 is 1.19 bits per heavy atom. The maximum absolute atomic E-state index is 13.2. The fourth-order valence-corrected chi connectivity index (χ4v) is 23.6. The lowest BCUT2D eigenvalue weighted by atomic mass is 9.91. The number of hydrogen-bond acceptors (Lipinski definition) is 20. The van der Waals surface area contributed by atoms with Crippen LogP contribution in [0.25, 0.3) is 44.1 Å². The second-order valence-corrected chi connectivity index (χ2v) is 39.1. The molecule has 10 saturated heterocycles. The quantitative estimate of drug-likeness (QED) is 0.0684. The van der Waals surface area contributed by atoms with Crippen LogP contribution in [-0.4, -0.2) is 252 Å². The molecule has 4 aromatic carbocycles. The number of anilines is 4. The highest BCUT2D eigenvalue weighted by Gasteiger charge is 2.42. The van der Waals surface area contributed by atoms with Crippen LogP contribution in [0.2, 0.25) is 10.0 Å². The standard InChI is InChI=1S/C25H31ClN6.C25H33ClN6.C25H31F3N6.C25H32N6/c1-30-20(23-18(26)7-4-12-27-23)9-3-11-22(30)25-28-19-8-2-10-21(24(19)29-25)32-15-14-31-13-5-6-17(31)16-32;1-30(2)17-12-15-32(16-13-17)21-10-4-8-19-24(21)29-25(28-19)22-11-5-9-20(31(22)3)23-18(26)7-6-14-27-23;1-32-12-14-34(15-13-32)20-9-3-7-18-23(20)31-24(30-18)21-10-4-8-19(33(21)2)22-17(6-5-11-29-22)16-25(26,27)28;1-16-6-5-13-26-23(16)20-8-4-10-22(30(20)2)25-28-19-7-3-9-21(24(19)29-25)31-14-17-11-12-18(15-31)27-17/h2,4,7-8,10,12,17,20,22H,3,5-6,9,11,13-16H2,1H3,(H,28,29);4,6-8,10,14,17,20,22H,5,9,11-13,15-16H2,1-3H3,(H,28,29);3,5-7,9,11,19,21H,4,8,10,12-16H2,1-2H3,(H,30,31);3,5-7,9,13,17-18,20,22,27H,4,8,10-12,14-15H2,1-2H3,(H,28,29)/t17?,20-,22+;20-,22+;19-,21+;17?,18?,20-,22+/m0000/s1. The minimum atomic E-state index is -4.26. The smallest absolute Gasteiger partial charge is 0.370 e. The Balaban J connectivity index is 0.000000112. The first-order valence-electron chi connectivity index (χ1n) is 47.5. The number of pyridine rings is 4. The molecule has 682 valence electrons. The number of imidazole rings is 4. The number of hydrogen-bond donors (Lipinski definition) is 5. The third-order valence-corrected chi connectivity index (χ3v) is 30.8. The molecule has 3 unspecified atom stereocenters. The second kappa shape index (κ2) is 38.8. The fourth-order valence-electron chi connectivity index (χ4n) is 23.1. The predicted octanol–water partition coefficient (Wildman–Crippen LogP) is 18.7. The molecule has 10 aliphatic heterocycles. The molecule has 29 heteroatoms. The third-order valence-electron chi connectivity index (χ3n) is 30.1. The van der Waals surface area contributed by atoms with E-state index in [1.54, 1.807) is 18.3 Å². The molecule has 18 heterocycles. The number of alkyl halides is 3. The van der Waals surface area contributed by atoms with E-state index in [0.29, 0.717) is 41.9 Å². The van der Waals surface area contributed by atoms with E-state index in [1.807, 2.05) is 62.0 Å². The topological polar surface area (TPSA) is 214 Å².